The van der Waals surface area contributed by atoms with Gasteiger partial charge in [-0.25, -0.2) is 9.97 Å². The molecule has 0 bridgehead atoms. The van der Waals surface area contributed by atoms with Gasteiger partial charge in [-0.3, -0.25) is 9.48 Å². The lowest BCUT2D eigenvalue weighted by atomic mass is 9.93. The molecule has 4 aromatic rings. The lowest BCUT2D eigenvalue weighted by Gasteiger charge is -2.25. The van der Waals surface area contributed by atoms with Gasteiger partial charge in [-0.15, -0.1) is 5.10 Å². The highest BCUT2D eigenvalue weighted by Gasteiger charge is 2.24. The Labute approximate surface area is 178 Å². The molecule has 1 atom stereocenters. The first-order valence-electron chi connectivity index (χ1n) is 11.0. The second-order valence-electron chi connectivity index (χ2n) is 8.40. The monoisotopic (exact) mass is 416 g/mol. The number of carbonyl (C=O) groups is 1. The Bertz CT molecular complexity index is 1270. The number of hydrogen-bond acceptors (Lipinski definition) is 6. The van der Waals surface area contributed by atoms with E-state index in [1.807, 2.05) is 41.3 Å². The molecule has 9 heteroatoms. The van der Waals surface area contributed by atoms with Gasteiger partial charge < -0.3 is 10.6 Å². The molecule has 6 rings (SSSR count). The molecular formula is C22H24N8O. The van der Waals surface area contributed by atoms with Gasteiger partial charge in [-0.2, -0.15) is 9.61 Å². The molecule has 1 aliphatic carbocycles. The molecule has 3 aromatic heterocycles. The molecule has 2 fully saturated rings. The molecule has 2 N–H and O–H groups in total. The van der Waals surface area contributed by atoms with E-state index in [1.54, 1.807) is 4.52 Å². The minimum Gasteiger partial charge on any atom is -0.354 e. The number of rotatable bonds is 4. The van der Waals surface area contributed by atoms with Crippen molar-refractivity contribution in [2.24, 2.45) is 0 Å². The van der Waals surface area contributed by atoms with E-state index in [2.05, 4.69) is 15.7 Å². The van der Waals surface area contributed by atoms with Gasteiger partial charge in [0.2, 0.25) is 11.9 Å². The normalized spacial score (nSPS) is 19.9. The van der Waals surface area contributed by atoms with Crippen LogP contribution in [-0.2, 0) is 4.79 Å². The van der Waals surface area contributed by atoms with Crippen molar-refractivity contribution in [3.05, 3.63) is 36.7 Å². The van der Waals surface area contributed by atoms with E-state index >= 15 is 0 Å². The van der Waals surface area contributed by atoms with Gasteiger partial charge in [0.1, 0.15) is 6.04 Å². The maximum absolute atomic E-state index is 12.5. The van der Waals surface area contributed by atoms with Crippen molar-refractivity contribution in [2.45, 2.75) is 50.6 Å². The Hall–Kier alpha value is -3.49. The molecule has 0 spiro atoms. The molecule has 9 nitrogen and oxygen atoms in total. The van der Waals surface area contributed by atoms with E-state index in [-0.39, 0.29) is 11.9 Å². The van der Waals surface area contributed by atoms with E-state index in [4.69, 9.17) is 15.1 Å². The van der Waals surface area contributed by atoms with E-state index in [9.17, 15) is 4.79 Å². The predicted octanol–water partition coefficient (Wildman–Crippen LogP) is 2.95. The van der Waals surface area contributed by atoms with Crippen LogP contribution in [0.5, 0.6) is 0 Å². The van der Waals surface area contributed by atoms with Gasteiger partial charge in [0.25, 0.3) is 0 Å². The molecule has 0 unspecified atom stereocenters. The number of aromatic nitrogens is 6. The highest BCUT2D eigenvalue weighted by Crippen LogP contribution is 2.32. The summed E-state index contributed by atoms with van der Waals surface area (Å²) in [5.41, 5.74) is 2.42. The second-order valence-corrected chi connectivity index (χ2v) is 8.40. The molecule has 1 saturated carbocycles. The molecule has 1 saturated heterocycles. The minimum absolute atomic E-state index is 0.00252. The Morgan fingerprint density at radius 1 is 1.06 bits per heavy atom. The van der Waals surface area contributed by atoms with Crippen molar-refractivity contribution in [3.63, 3.8) is 0 Å². The van der Waals surface area contributed by atoms with Crippen LogP contribution in [0.2, 0.25) is 0 Å². The predicted molar refractivity (Wildman–Crippen MR) is 117 cm³/mol. The van der Waals surface area contributed by atoms with Crippen LogP contribution in [0.25, 0.3) is 27.9 Å². The van der Waals surface area contributed by atoms with Crippen molar-refractivity contribution in [1.82, 2.24) is 34.7 Å². The first kappa shape index (κ1) is 18.3. The van der Waals surface area contributed by atoms with Gasteiger partial charge >= 0.3 is 0 Å². The summed E-state index contributed by atoms with van der Waals surface area (Å²) in [5.74, 6) is 1.14. The van der Waals surface area contributed by atoms with Crippen molar-refractivity contribution < 1.29 is 4.79 Å². The summed E-state index contributed by atoms with van der Waals surface area (Å²) in [6.07, 6.45) is 10.2. The summed E-state index contributed by atoms with van der Waals surface area (Å²) in [5, 5.41) is 16.5. The molecule has 4 heterocycles. The summed E-state index contributed by atoms with van der Waals surface area (Å²) >= 11 is 0. The Morgan fingerprint density at radius 2 is 1.97 bits per heavy atom. The van der Waals surface area contributed by atoms with Crippen LogP contribution in [0.15, 0.2) is 36.7 Å². The molecular weight excluding hydrogens is 392 g/mol. The zero-order valence-electron chi connectivity index (χ0n) is 17.2. The summed E-state index contributed by atoms with van der Waals surface area (Å²) in [4.78, 5) is 22.1. The SMILES string of the molecule is O=C1NCCCC[C@H]1Nc1nc2ccccc2c2nc(-c3cnn(C4CCC4)c3)nn12. The second kappa shape index (κ2) is 7.33. The number of hydrogen-bond donors (Lipinski definition) is 2. The van der Waals surface area contributed by atoms with E-state index < -0.39 is 0 Å². The highest BCUT2D eigenvalue weighted by molar-refractivity contribution is 5.93. The summed E-state index contributed by atoms with van der Waals surface area (Å²) in [6, 6.07) is 8.02. The molecule has 31 heavy (non-hydrogen) atoms. The molecule has 1 amide bonds. The number of anilines is 1. The molecule has 158 valence electrons. The average Bonchev–Trinajstić information content (AvgIpc) is 3.34. The third-order valence-corrected chi connectivity index (χ3v) is 6.33. The maximum Gasteiger partial charge on any atom is 0.242 e. The molecule has 0 radical (unpaired) electrons. The van der Waals surface area contributed by atoms with E-state index in [1.165, 1.54) is 19.3 Å². The van der Waals surface area contributed by atoms with Crippen LogP contribution in [-0.4, -0.2) is 47.9 Å². The number of para-hydroxylation sites is 1. The van der Waals surface area contributed by atoms with Gasteiger partial charge in [0.05, 0.1) is 23.3 Å². The third kappa shape index (κ3) is 3.20. The number of nitrogens with zero attached hydrogens (tertiary/aromatic N) is 6. The zero-order valence-corrected chi connectivity index (χ0v) is 17.2. The number of fused-ring (bicyclic) bond motifs is 3. The van der Waals surface area contributed by atoms with E-state index in [0.717, 1.165) is 42.3 Å². The minimum atomic E-state index is -0.339. The summed E-state index contributed by atoms with van der Waals surface area (Å²) in [7, 11) is 0. The van der Waals surface area contributed by atoms with Crippen LogP contribution < -0.4 is 10.6 Å². The van der Waals surface area contributed by atoms with Gasteiger partial charge in [-0.05, 0) is 50.7 Å². The van der Waals surface area contributed by atoms with Gasteiger partial charge in [0, 0.05) is 18.1 Å². The Kier molecular flexibility index (Phi) is 4.33. The molecule has 2 aliphatic rings. The lowest BCUT2D eigenvalue weighted by molar-refractivity contribution is -0.121. The van der Waals surface area contributed by atoms with Gasteiger partial charge in [-0.1, -0.05) is 12.1 Å². The Balaban J connectivity index is 1.44. The van der Waals surface area contributed by atoms with E-state index in [0.29, 0.717) is 23.5 Å². The third-order valence-electron chi connectivity index (χ3n) is 6.33. The first-order chi connectivity index (χ1) is 15.3. The van der Waals surface area contributed by atoms with Gasteiger partial charge in [0.15, 0.2) is 11.5 Å². The van der Waals surface area contributed by atoms with Crippen LogP contribution in [0, 0.1) is 0 Å². The number of carbonyl (C=O) groups excluding carboxylic acids is 1. The highest BCUT2D eigenvalue weighted by atomic mass is 16.2. The fourth-order valence-corrected chi connectivity index (χ4v) is 4.31. The maximum atomic E-state index is 12.5. The standard InChI is InChI=1S/C22H24N8O/c31-21-18(10-3-4-11-23-21)26-22-25-17-9-2-1-8-16(17)20-27-19(28-30(20)22)14-12-24-29(13-14)15-6-5-7-15/h1-2,8-9,12-13,15,18H,3-7,10-11H2,(H,23,31)(H,25,26)/t18-/m1/s1. The first-order valence-corrected chi connectivity index (χ1v) is 11.0. The molecule has 1 aliphatic heterocycles. The topological polar surface area (TPSA) is 102 Å². The van der Waals surface area contributed by atoms with Crippen molar-refractivity contribution >= 4 is 28.4 Å². The lowest BCUT2D eigenvalue weighted by Crippen LogP contribution is -2.38. The van der Waals surface area contributed by atoms with Crippen LogP contribution in [0.1, 0.15) is 44.6 Å². The Morgan fingerprint density at radius 3 is 2.84 bits per heavy atom. The fourth-order valence-electron chi connectivity index (χ4n) is 4.31. The quantitative estimate of drug-likeness (QED) is 0.530. The summed E-state index contributed by atoms with van der Waals surface area (Å²) < 4.78 is 3.74. The van der Waals surface area contributed by atoms with Crippen molar-refractivity contribution in [3.8, 4) is 11.4 Å². The summed E-state index contributed by atoms with van der Waals surface area (Å²) in [6.45, 7) is 0.718. The molecule has 1 aromatic carbocycles. The van der Waals surface area contributed by atoms with Crippen molar-refractivity contribution in [2.75, 3.05) is 11.9 Å². The van der Waals surface area contributed by atoms with Crippen molar-refractivity contribution in [1.29, 1.82) is 0 Å². The van der Waals surface area contributed by atoms with Crippen LogP contribution >= 0.6 is 0 Å². The van der Waals surface area contributed by atoms with Crippen LogP contribution in [0.3, 0.4) is 0 Å². The number of benzene rings is 1. The number of nitrogens with one attached hydrogen (secondary N) is 2. The smallest absolute Gasteiger partial charge is 0.242 e. The average molecular weight is 416 g/mol. The van der Waals surface area contributed by atoms with Crippen LogP contribution in [0.4, 0.5) is 5.95 Å². The fraction of sp³-hybridized carbons (Fsp3) is 0.409. The zero-order chi connectivity index (χ0) is 20.8. The largest absolute Gasteiger partial charge is 0.354 e. The number of amides is 1.